The summed E-state index contributed by atoms with van der Waals surface area (Å²) in [6, 6.07) is 4.60. The Morgan fingerprint density at radius 2 is 1.94 bits per heavy atom. The Bertz CT molecular complexity index is 424. The molecule has 0 bridgehead atoms. The molecule has 0 unspecified atom stereocenters. The lowest BCUT2D eigenvalue weighted by atomic mass is 9.91. The molecule has 98 valence electrons. The van der Waals surface area contributed by atoms with Gasteiger partial charge in [0.2, 0.25) is 0 Å². The van der Waals surface area contributed by atoms with E-state index in [2.05, 4.69) is 21.2 Å². The van der Waals surface area contributed by atoms with E-state index in [1.807, 2.05) is 0 Å². The first-order chi connectivity index (χ1) is 8.54. The van der Waals surface area contributed by atoms with Gasteiger partial charge < -0.3 is 11.1 Å². The third-order valence-electron chi connectivity index (χ3n) is 3.23. The molecule has 0 spiro atoms. The van der Waals surface area contributed by atoms with Crippen molar-refractivity contribution < 1.29 is 9.18 Å². The van der Waals surface area contributed by atoms with Crippen molar-refractivity contribution in [2.75, 3.05) is 0 Å². The van der Waals surface area contributed by atoms with Crippen molar-refractivity contribution in [1.82, 2.24) is 5.32 Å². The molecule has 2 rings (SSSR count). The maximum atomic E-state index is 13.2. The number of nitrogens with one attached hydrogen (secondary N) is 1. The highest BCUT2D eigenvalue weighted by Crippen LogP contribution is 2.19. The SMILES string of the molecule is NC1CCC(NC(=O)c2cc(F)cc(Br)c2)CC1. The van der Waals surface area contributed by atoms with Crippen molar-refractivity contribution >= 4 is 21.8 Å². The van der Waals surface area contributed by atoms with Crippen LogP contribution in [0.4, 0.5) is 4.39 Å². The zero-order chi connectivity index (χ0) is 13.1. The molecule has 1 amide bonds. The molecule has 0 aromatic heterocycles. The monoisotopic (exact) mass is 314 g/mol. The molecule has 1 saturated carbocycles. The van der Waals surface area contributed by atoms with E-state index in [9.17, 15) is 9.18 Å². The summed E-state index contributed by atoms with van der Waals surface area (Å²) >= 11 is 3.18. The van der Waals surface area contributed by atoms with Crippen molar-refractivity contribution in [2.24, 2.45) is 5.73 Å². The Morgan fingerprint density at radius 1 is 1.28 bits per heavy atom. The second-order valence-electron chi connectivity index (χ2n) is 4.74. The molecule has 1 fully saturated rings. The summed E-state index contributed by atoms with van der Waals surface area (Å²) in [5.41, 5.74) is 6.15. The molecule has 1 aromatic carbocycles. The topological polar surface area (TPSA) is 55.1 Å². The van der Waals surface area contributed by atoms with Crippen molar-refractivity contribution in [2.45, 2.75) is 37.8 Å². The van der Waals surface area contributed by atoms with Gasteiger partial charge in [0.1, 0.15) is 5.82 Å². The third-order valence-corrected chi connectivity index (χ3v) is 3.69. The first-order valence-corrected chi connectivity index (χ1v) is 6.86. The highest BCUT2D eigenvalue weighted by molar-refractivity contribution is 9.10. The normalized spacial score (nSPS) is 23.7. The molecule has 0 atom stereocenters. The summed E-state index contributed by atoms with van der Waals surface area (Å²) in [5, 5.41) is 2.93. The Balaban J connectivity index is 1.99. The van der Waals surface area contributed by atoms with Gasteiger partial charge in [-0.05, 0) is 43.9 Å². The zero-order valence-corrected chi connectivity index (χ0v) is 11.5. The fourth-order valence-electron chi connectivity index (χ4n) is 2.22. The van der Waals surface area contributed by atoms with Crippen LogP contribution in [0, 0.1) is 5.82 Å². The summed E-state index contributed by atoms with van der Waals surface area (Å²) in [5.74, 6) is -0.643. The molecular formula is C13H16BrFN2O. The van der Waals surface area contributed by atoms with E-state index in [0.717, 1.165) is 25.7 Å². The fraction of sp³-hybridized carbons (Fsp3) is 0.462. The van der Waals surface area contributed by atoms with Crippen LogP contribution < -0.4 is 11.1 Å². The second-order valence-corrected chi connectivity index (χ2v) is 5.66. The number of halogens is 2. The number of carbonyl (C=O) groups is 1. The number of benzene rings is 1. The van der Waals surface area contributed by atoms with Gasteiger partial charge in [-0.1, -0.05) is 15.9 Å². The highest BCUT2D eigenvalue weighted by Gasteiger charge is 2.20. The molecule has 5 heteroatoms. The molecule has 1 aromatic rings. The quantitative estimate of drug-likeness (QED) is 0.881. The van der Waals surface area contributed by atoms with Crippen LogP contribution in [0.1, 0.15) is 36.0 Å². The molecular weight excluding hydrogens is 299 g/mol. The summed E-state index contributed by atoms with van der Waals surface area (Å²) in [6.07, 6.45) is 3.64. The van der Waals surface area contributed by atoms with Crippen molar-refractivity contribution in [3.8, 4) is 0 Å². The van der Waals surface area contributed by atoms with Gasteiger partial charge in [0, 0.05) is 22.1 Å². The molecule has 3 nitrogen and oxygen atoms in total. The molecule has 0 aliphatic heterocycles. The molecule has 0 saturated heterocycles. The zero-order valence-electron chi connectivity index (χ0n) is 9.96. The Hall–Kier alpha value is -0.940. The predicted octanol–water partition coefficient (Wildman–Crippen LogP) is 2.59. The summed E-state index contributed by atoms with van der Waals surface area (Å²) in [7, 11) is 0. The van der Waals surface area contributed by atoms with E-state index in [1.54, 1.807) is 6.07 Å². The van der Waals surface area contributed by atoms with Crippen LogP contribution in [0.2, 0.25) is 0 Å². The van der Waals surface area contributed by atoms with Crippen LogP contribution in [0.25, 0.3) is 0 Å². The Labute approximate surface area is 114 Å². The molecule has 0 radical (unpaired) electrons. The van der Waals surface area contributed by atoms with E-state index in [1.165, 1.54) is 12.1 Å². The van der Waals surface area contributed by atoms with E-state index in [4.69, 9.17) is 5.73 Å². The second kappa shape index (κ2) is 5.80. The Kier molecular flexibility index (Phi) is 4.35. The van der Waals surface area contributed by atoms with Crippen LogP contribution >= 0.6 is 15.9 Å². The van der Waals surface area contributed by atoms with Crippen LogP contribution in [0.3, 0.4) is 0 Å². The molecule has 1 aliphatic rings. The van der Waals surface area contributed by atoms with Gasteiger partial charge in [-0.2, -0.15) is 0 Å². The highest BCUT2D eigenvalue weighted by atomic mass is 79.9. The van der Waals surface area contributed by atoms with Crippen LogP contribution in [-0.4, -0.2) is 18.0 Å². The largest absolute Gasteiger partial charge is 0.349 e. The van der Waals surface area contributed by atoms with Gasteiger partial charge in [0.05, 0.1) is 0 Å². The van der Waals surface area contributed by atoms with Crippen molar-refractivity contribution in [3.05, 3.63) is 34.1 Å². The van der Waals surface area contributed by atoms with Crippen LogP contribution in [0.15, 0.2) is 22.7 Å². The van der Waals surface area contributed by atoms with Crippen molar-refractivity contribution in [3.63, 3.8) is 0 Å². The number of nitrogens with two attached hydrogens (primary N) is 1. The lowest BCUT2D eigenvalue weighted by Crippen LogP contribution is -2.40. The third kappa shape index (κ3) is 3.53. The fourth-order valence-corrected chi connectivity index (χ4v) is 2.68. The minimum Gasteiger partial charge on any atom is -0.349 e. The smallest absolute Gasteiger partial charge is 0.251 e. The van der Waals surface area contributed by atoms with Gasteiger partial charge in [0.25, 0.3) is 5.91 Å². The van der Waals surface area contributed by atoms with E-state index < -0.39 is 5.82 Å². The molecule has 18 heavy (non-hydrogen) atoms. The summed E-state index contributed by atoms with van der Waals surface area (Å²) in [6.45, 7) is 0. The maximum Gasteiger partial charge on any atom is 0.251 e. The van der Waals surface area contributed by atoms with Gasteiger partial charge in [-0.3, -0.25) is 4.79 Å². The van der Waals surface area contributed by atoms with Crippen molar-refractivity contribution in [1.29, 1.82) is 0 Å². The number of hydrogen-bond donors (Lipinski definition) is 2. The van der Waals surface area contributed by atoms with Crippen LogP contribution in [-0.2, 0) is 0 Å². The molecule has 1 aliphatic carbocycles. The lowest BCUT2D eigenvalue weighted by molar-refractivity contribution is 0.0925. The van der Waals surface area contributed by atoms with Gasteiger partial charge in [-0.25, -0.2) is 4.39 Å². The molecule has 0 heterocycles. The minimum absolute atomic E-state index is 0.152. The van der Waals surface area contributed by atoms with Gasteiger partial charge in [0.15, 0.2) is 0 Å². The standard InChI is InChI=1S/C13H16BrFN2O/c14-9-5-8(6-10(15)7-9)13(18)17-12-3-1-11(16)2-4-12/h5-7,11-12H,1-4,16H2,(H,17,18). The van der Waals surface area contributed by atoms with Gasteiger partial charge in [-0.15, -0.1) is 0 Å². The number of carbonyl (C=O) groups excluding carboxylic acids is 1. The first kappa shape index (κ1) is 13.5. The first-order valence-electron chi connectivity index (χ1n) is 6.07. The summed E-state index contributed by atoms with van der Waals surface area (Å²) < 4.78 is 13.8. The van der Waals surface area contributed by atoms with E-state index in [-0.39, 0.29) is 18.0 Å². The number of rotatable bonds is 2. The average molecular weight is 315 g/mol. The predicted molar refractivity (Wildman–Crippen MR) is 71.8 cm³/mol. The maximum absolute atomic E-state index is 13.2. The minimum atomic E-state index is -0.416. The van der Waals surface area contributed by atoms with Gasteiger partial charge >= 0.3 is 0 Å². The van der Waals surface area contributed by atoms with E-state index >= 15 is 0 Å². The Morgan fingerprint density at radius 3 is 2.56 bits per heavy atom. The molecule has 3 N–H and O–H groups in total. The number of hydrogen-bond acceptors (Lipinski definition) is 2. The van der Waals surface area contributed by atoms with Crippen LogP contribution in [0.5, 0.6) is 0 Å². The number of amides is 1. The summed E-state index contributed by atoms with van der Waals surface area (Å²) in [4.78, 5) is 12.0. The lowest BCUT2D eigenvalue weighted by Gasteiger charge is -2.26. The van der Waals surface area contributed by atoms with E-state index in [0.29, 0.717) is 10.0 Å². The average Bonchev–Trinajstić information content (AvgIpc) is 2.31.